The zero-order valence-electron chi connectivity index (χ0n) is 16.5. The number of alkyl carbamates (subject to hydrolysis) is 1. The molecule has 1 heterocycles. The molecule has 0 radical (unpaired) electrons. The van der Waals surface area contributed by atoms with Crippen molar-refractivity contribution in [2.24, 2.45) is 0 Å². The highest BCUT2D eigenvalue weighted by Crippen LogP contribution is 2.44. The van der Waals surface area contributed by atoms with Crippen molar-refractivity contribution in [2.45, 2.75) is 25.8 Å². The minimum Gasteiger partial charge on any atom is -0.449 e. The molecule has 1 aliphatic rings. The van der Waals surface area contributed by atoms with Crippen LogP contribution in [0.15, 0.2) is 67.0 Å². The molecular formula is C24H25N3O2. The van der Waals surface area contributed by atoms with E-state index in [2.05, 4.69) is 41.6 Å². The van der Waals surface area contributed by atoms with Gasteiger partial charge in [-0.1, -0.05) is 67.6 Å². The van der Waals surface area contributed by atoms with E-state index in [4.69, 9.17) is 4.74 Å². The number of benzene rings is 2. The van der Waals surface area contributed by atoms with E-state index in [0.29, 0.717) is 13.2 Å². The van der Waals surface area contributed by atoms with E-state index < -0.39 is 6.09 Å². The van der Waals surface area contributed by atoms with E-state index in [1.807, 2.05) is 53.5 Å². The van der Waals surface area contributed by atoms with Crippen molar-refractivity contribution in [1.29, 1.82) is 0 Å². The van der Waals surface area contributed by atoms with Crippen LogP contribution < -0.4 is 5.32 Å². The van der Waals surface area contributed by atoms with Crippen LogP contribution in [0.2, 0.25) is 0 Å². The van der Waals surface area contributed by atoms with Crippen molar-refractivity contribution in [3.05, 3.63) is 83.7 Å². The Morgan fingerprint density at radius 2 is 1.83 bits per heavy atom. The van der Waals surface area contributed by atoms with Gasteiger partial charge in [-0.3, -0.25) is 4.68 Å². The second kappa shape index (κ2) is 8.78. The minimum absolute atomic E-state index is 0.0769. The summed E-state index contributed by atoms with van der Waals surface area (Å²) in [6.45, 7) is 3.77. The molecule has 0 saturated carbocycles. The molecule has 29 heavy (non-hydrogen) atoms. The SMILES string of the molecule is CCCn1cc(C=CCNC(=O)OCC2c3ccccc3-c3ccccc32)cn1. The summed E-state index contributed by atoms with van der Waals surface area (Å²) in [4.78, 5) is 12.1. The van der Waals surface area contributed by atoms with Crippen LogP contribution in [0.5, 0.6) is 0 Å². The van der Waals surface area contributed by atoms with Crippen LogP contribution in [-0.4, -0.2) is 29.0 Å². The Bertz CT molecular complexity index is 977. The number of amides is 1. The molecule has 5 nitrogen and oxygen atoms in total. The minimum atomic E-state index is -0.404. The van der Waals surface area contributed by atoms with Crippen LogP contribution >= 0.6 is 0 Å². The Morgan fingerprint density at radius 1 is 1.14 bits per heavy atom. The third-order valence-electron chi connectivity index (χ3n) is 5.12. The smallest absolute Gasteiger partial charge is 0.407 e. The maximum Gasteiger partial charge on any atom is 0.407 e. The topological polar surface area (TPSA) is 56.2 Å². The lowest BCUT2D eigenvalue weighted by Gasteiger charge is -2.14. The molecule has 4 rings (SSSR count). The molecule has 0 atom stereocenters. The summed E-state index contributed by atoms with van der Waals surface area (Å²) in [6, 6.07) is 16.6. The first kappa shape index (κ1) is 19.0. The second-order valence-electron chi connectivity index (χ2n) is 7.15. The molecule has 0 aliphatic heterocycles. The van der Waals surface area contributed by atoms with Crippen molar-refractivity contribution in [3.8, 4) is 11.1 Å². The highest BCUT2D eigenvalue weighted by molar-refractivity contribution is 5.79. The van der Waals surface area contributed by atoms with E-state index in [1.54, 1.807) is 0 Å². The van der Waals surface area contributed by atoms with Gasteiger partial charge in [0.25, 0.3) is 0 Å². The van der Waals surface area contributed by atoms with Crippen molar-refractivity contribution < 1.29 is 9.53 Å². The number of ether oxygens (including phenoxy) is 1. The Hall–Kier alpha value is -3.34. The highest BCUT2D eigenvalue weighted by Gasteiger charge is 2.28. The van der Waals surface area contributed by atoms with Gasteiger partial charge in [0.05, 0.1) is 6.20 Å². The van der Waals surface area contributed by atoms with E-state index in [0.717, 1.165) is 18.5 Å². The van der Waals surface area contributed by atoms with E-state index in [9.17, 15) is 4.79 Å². The van der Waals surface area contributed by atoms with Gasteiger partial charge in [-0.15, -0.1) is 0 Å². The summed E-state index contributed by atoms with van der Waals surface area (Å²) >= 11 is 0. The summed E-state index contributed by atoms with van der Waals surface area (Å²) in [5.74, 6) is 0.0769. The molecule has 3 aromatic rings. The van der Waals surface area contributed by atoms with Gasteiger partial charge < -0.3 is 10.1 Å². The molecule has 1 aliphatic carbocycles. The van der Waals surface area contributed by atoms with Gasteiger partial charge >= 0.3 is 6.09 Å². The zero-order valence-corrected chi connectivity index (χ0v) is 16.5. The zero-order chi connectivity index (χ0) is 20.1. The predicted molar refractivity (Wildman–Crippen MR) is 115 cm³/mol. The number of fused-ring (bicyclic) bond motifs is 3. The van der Waals surface area contributed by atoms with Crippen LogP contribution in [0.3, 0.4) is 0 Å². The van der Waals surface area contributed by atoms with Crippen LogP contribution in [0.25, 0.3) is 17.2 Å². The number of carbonyl (C=O) groups is 1. The highest BCUT2D eigenvalue weighted by atomic mass is 16.5. The largest absolute Gasteiger partial charge is 0.449 e. The van der Waals surface area contributed by atoms with Crippen LogP contribution in [0.1, 0.15) is 36.0 Å². The molecule has 0 unspecified atom stereocenters. The van der Waals surface area contributed by atoms with Gasteiger partial charge in [-0.2, -0.15) is 5.10 Å². The molecule has 148 valence electrons. The quantitative estimate of drug-likeness (QED) is 0.631. The average molecular weight is 387 g/mol. The molecule has 0 spiro atoms. The van der Waals surface area contributed by atoms with Crippen LogP contribution in [-0.2, 0) is 11.3 Å². The van der Waals surface area contributed by atoms with Gasteiger partial charge in [-0.25, -0.2) is 4.79 Å². The lowest BCUT2D eigenvalue weighted by Crippen LogP contribution is -2.26. The van der Waals surface area contributed by atoms with E-state index >= 15 is 0 Å². The Morgan fingerprint density at radius 3 is 2.52 bits per heavy atom. The lowest BCUT2D eigenvalue weighted by molar-refractivity contribution is 0.144. The van der Waals surface area contributed by atoms with Gasteiger partial charge in [-0.05, 0) is 28.7 Å². The Kier molecular flexibility index (Phi) is 5.75. The van der Waals surface area contributed by atoms with Gasteiger partial charge in [0.2, 0.25) is 0 Å². The van der Waals surface area contributed by atoms with E-state index in [-0.39, 0.29) is 5.92 Å². The molecule has 0 fully saturated rings. The first-order valence-corrected chi connectivity index (χ1v) is 10.0. The number of aromatic nitrogens is 2. The van der Waals surface area contributed by atoms with Gasteiger partial charge in [0.15, 0.2) is 0 Å². The molecular weight excluding hydrogens is 362 g/mol. The second-order valence-corrected chi connectivity index (χ2v) is 7.15. The van der Waals surface area contributed by atoms with Crippen molar-refractivity contribution in [1.82, 2.24) is 15.1 Å². The van der Waals surface area contributed by atoms with Gasteiger partial charge in [0.1, 0.15) is 6.61 Å². The number of rotatable bonds is 7. The number of aryl methyl sites for hydroxylation is 1. The molecule has 1 aromatic heterocycles. The summed E-state index contributed by atoms with van der Waals surface area (Å²) in [5, 5.41) is 7.07. The predicted octanol–water partition coefficient (Wildman–Crippen LogP) is 4.85. The standard InChI is InChI=1S/C24H25N3O2/c1-2-14-27-16-18(15-26-27)8-7-13-25-24(28)29-17-23-21-11-5-3-9-19(21)20-10-4-6-12-22(20)23/h3-12,15-16,23H,2,13-14,17H2,1H3,(H,25,28). The fourth-order valence-electron chi connectivity index (χ4n) is 3.80. The Balaban J connectivity index is 1.30. The fraction of sp³-hybridized carbons (Fsp3) is 0.250. The molecule has 1 amide bonds. The van der Waals surface area contributed by atoms with Crippen LogP contribution in [0, 0.1) is 0 Å². The third-order valence-corrected chi connectivity index (χ3v) is 5.12. The summed E-state index contributed by atoms with van der Waals surface area (Å²) < 4.78 is 7.44. The van der Waals surface area contributed by atoms with Crippen molar-refractivity contribution >= 4 is 12.2 Å². The molecule has 2 aromatic carbocycles. The monoisotopic (exact) mass is 387 g/mol. The van der Waals surface area contributed by atoms with Crippen LogP contribution in [0.4, 0.5) is 4.79 Å². The molecule has 0 saturated heterocycles. The Labute approximate surface area is 171 Å². The number of hydrogen-bond acceptors (Lipinski definition) is 3. The maximum atomic E-state index is 12.1. The van der Waals surface area contributed by atoms with Crippen molar-refractivity contribution in [2.75, 3.05) is 13.2 Å². The number of nitrogens with zero attached hydrogens (tertiary/aromatic N) is 2. The third kappa shape index (κ3) is 4.24. The molecule has 0 bridgehead atoms. The summed E-state index contributed by atoms with van der Waals surface area (Å²) in [6.07, 6.45) is 8.30. The first-order chi connectivity index (χ1) is 14.3. The average Bonchev–Trinajstić information content (AvgIpc) is 3.32. The number of hydrogen-bond donors (Lipinski definition) is 1. The van der Waals surface area contributed by atoms with Crippen molar-refractivity contribution in [3.63, 3.8) is 0 Å². The maximum absolute atomic E-state index is 12.1. The molecule has 5 heteroatoms. The fourth-order valence-corrected chi connectivity index (χ4v) is 3.80. The normalized spacial score (nSPS) is 12.7. The number of carbonyl (C=O) groups excluding carboxylic acids is 1. The molecule has 1 N–H and O–H groups in total. The summed E-state index contributed by atoms with van der Waals surface area (Å²) in [5.41, 5.74) is 5.90. The van der Waals surface area contributed by atoms with Gasteiger partial charge in [0, 0.05) is 30.8 Å². The number of nitrogens with one attached hydrogen (secondary N) is 1. The lowest BCUT2D eigenvalue weighted by atomic mass is 9.98. The van der Waals surface area contributed by atoms with E-state index in [1.165, 1.54) is 22.3 Å². The summed E-state index contributed by atoms with van der Waals surface area (Å²) in [7, 11) is 0. The first-order valence-electron chi connectivity index (χ1n) is 10.0.